The number of rotatable bonds is 4. The number of nitrogens with zero attached hydrogens (tertiary/aromatic N) is 3. The predicted molar refractivity (Wildman–Crippen MR) is 97.8 cm³/mol. The second kappa shape index (κ2) is 7.00. The minimum absolute atomic E-state index is 0.0690. The van der Waals surface area contributed by atoms with Gasteiger partial charge in [0.1, 0.15) is 0 Å². The van der Waals surface area contributed by atoms with Gasteiger partial charge in [-0.1, -0.05) is 0 Å². The standard InChI is InChI=1S/C18H27N5O2/c1-11-14(12(2)20-17-16(11)18(25)22(4)21-17)7-8-15(24)23-9-5-6-13(10-23)19-3/h13,19H,5-10H2,1-4H3,(H,20,21). The van der Waals surface area contributed by atoms with E-state index in [1.807, 2.05) is 25.8 Å². The Hall–Kier alpha value is -2.15. The number of likely N-dealkylation sites (tertiary alicyclic amines) is 1. The van der Waals surface area contributed by atoms with Crippen molar-refractivity contribution in [2.45, 2.75) is 45.6 Å². The summed E-state index contributed by atoms with van der Waals surface area (Å²) in [6.07, 6.45) is 3.24. The third kappa shape index (κ3) is 3.33. The second-order valence-electron chi connectivity index (χ2n) is 6.97. The van der Waals surface area contributed by atoms with Crippen molar-refractivity contribution in [3.8, 4) is 0 Å². The number of nitrogens with one attached hydrogen (secondary N) is 2. The first-order valence-electron chi connectivity index (χ1n) is 8.92. The molecule has 136 valence electrons. The summed E-state index contributed by atoms with van der Waals surface area (Å²) in [5.74, 6) is 0.181. The molecular formula is C18H27N5O2. The summed E-state index contributed by atoms with van der Waals surface area (Å²) in [5.41, 5.74) is 3.38. The second-order valence-corrected chi connectivity index (χ2v) is 6.97. The molecule has 1 amide bonds. The molecule has 25 heavy (non-hydrogen) atoms. The van der Waals surface area contributed by atoms with Crippen LogP contribution in [-0.2, 0) is 18.3 Å². The molecule has 0 aliphatic carbocycles. The van der Waals surface area contributed by atoms with Crippen LogP contribution < -0.4 is 10.9 Å². The largest absolute Gasteiger partial charge is 0.341 e. The molecule has 2 aromatic heterocycles. The van der Waals surface area contributed by atoms with Crippen LogP contribution in [-0.4, -0.2) is 51.8 Å². The molecule has 2 aromatic rings. The van der Waals surface area contributed by atoms with E-state index in [-0.39, 0.29) is 11.5 Å². The number of fused-ring (bicyclic) bond motifs is 1. The first kappa shape index (κ1) is 17.7. The lowest BCUT2D eigenvalue weighted by molar-refractivity contribution is -0.132. The molecule has 7 heteroatoms. The van der Waals surface area contributed by atoms with Crippen molar-refractivity contribution in [2.24, 2.45) is 7.05 Å². The number of aryl methyl sites for hydroxylation is 3. The number of carbonyl (C=O) groups excluding carboxylic acids is 1. The van der Waals surface area contributed by atoms with Crippen LogP contribution in [0.5, 0.6) is 0 Å². The third-order valence-corrected chi connectivity index (χ3v) is 5.34. The molecule has 0 saturated carbocycles. The van der Waals surface area contributed by atoms with E-state index < -0.39 is 0 Å². The smallest absolute Gasteiger partial charge is 0.276 e. The highest BCUT2D eigenvalue weighted by molar-refractivity contribution is 5.80. The summed E-state index contributed by atoms with van der Waals surface area (Å²) >= 11 is 0. The fourth-order valence-electron chi connectivity index (χ4n) is 3.81. The number of amides is 1. The molecule has 3 heterocycles. The quantitative estimate of drug-likeness (QED) is 0.867. The molecule has 0 radical (unpaired) electrons. The Morgan fingerprint density at radius 2 is 2.16 bits per heavy atom. The fourth-order valence-corrected chi connectivity index (χ4v) is 3.81. The van der Waals surface area contributed by atoms with Gasteiger partial charge in [0.15, 0.2) is 5.65 Å². The van der Waals surface area contributed by atoms with Crippen molar-refractivity contribution in [1.29, 1.82) is 0 Å². The highest BCUT2D eigenvalue weighted by atomic mass is 16.2. The normalized spacial score (nSPS) is 18.1. The van der Waals surface area contributed by atoms with Crippen LogP contribution in [0.2, 0.25) is 0 Å². The zero-order valence-electron chi connectivity index (χ0n) is 15.5. The Balaban J connectivity index is 1.78. The molecular weight excluding hydrogens is 318 g/mol. The maximum Gasteiger partial charge on any atom is 0.276 e. The van der Waals surface area contributed by atoms with Crippen molar-refractivity contribution in [3.63, 3.8) is 0 Å². The maximum absolute atomic E-state index is 12.6. The number of carbonyl (C=O) groups is 1. The number of hydrogen-bond acceptors (Lipinski definition) is 4. The van der Waals surface area contributed by atoms with E-state index in [1.54, 1.807) is 7.05 Å². The third-order valence-electron chi connectivity index (χ3n) is 5.34. The van der Waals surface area contributed by atoms with E-state index >= 15 is 0 Å². The summed E-state index contributed by atoms with van der Waals surface area (Å²) in [6.45, 7) is 5.51. The van der Waals surface area contributed by atoms with E-state index in [9.17, 15) is 9.59 Å². The van der Waals surface area contributed by atoms with Gasteiger partial charge in [-0.25, -0.2) is 4.98 Å². The Morgan fingerprint density at radius 1 is 1.40 bits per heavy atom. The Bertz CT molecular complexity index is 851. The van der Waals surface area contributed by atoms with E-state index in [0.29, 0.717) is 29.9 Å². The number of hydrogen-bond donors (Lipinski definition) is 2. The minimum Gasteiger partial charge on any atom is -0.341 e. The van der Waals surface area contributed by atoms with Crippen LogP contribution in [0, 0.1) is 13.8 Å². The SMILES string of the molecule is CNC1CCCN(C(=O)CCc2c(C)nc3[nH]n(C)c(=O)c3c2C)C1. The fraction of sp³-hybridized carbons (Fsp3) is 0.611. The number of aromatic nitrogens is 3. The first-order valence-corrected chi connectivity index (χ1v) is 8.92. The van der Waals surface area contributed by atoms with Crippen LogP contribution in [0.1, 0.15) is 36.1 Å². The molecule has 1 aliphatic rings. The summed E-state index contributed by atoms with van der Waals surface area (Å²) < 4.78 is 1.45. The number of piperidine rings is 1. The maximum atomic E-state index is 12.6. The Morgan fingerprint density at radius 3 is 2.88 bits per heavy atom. The van der Waals surface area contributed by atoms with Gasteiger partial charge >= 0.3 is 0 Å². The van der Waals surface area contributed by atoms with Crippen LogP contribution in [0.15, 0.2) is 4.79 Å². The van der Waals surface area contributed by atoms with E-state index in [1.165, 1.54) is 4.68 Å². The lowest BCUT2D eigenvalue weighted by atomic mass is 9.99. The highest BCUT2D eigenvalue weighted by Crippen LogP contribution is 2.21. The summed E-state index contributed by atoms with van der Waals surface area (Å²) in [6, 6.07) is 0.391. The van der Waals surface area contributed by atoms with Crippen LogP contribution in [0.4, 0.5) is 0 Å². The van der Waals surface area contributed by atoms with Crippen molar-refractivity contribution in [1.82, 2.24) is 25.0 Å². The average molecular weight is 345 g/mol. The number of H-pyrrole nitrogens is 1. The van der Waals surface area contributed by atoms with Crippen molar-refractivity contribution in [2.75, 3.05) is 20.1 Å². The van der Waals surface area contributed by atoms with Gasteiger partial charge in [-0.3, -0.25) is 19.4 Å². The van der Waals surface area contributed by atoms with Crippen LogP contribution >= 0.6 is 0 Å². The molecule has 3 rings (SSSR count). The summed E-state index contributed by atoms with van der Waals surface area (Å²) in [4.78, 5) is 31.4. The van der Waals surface area contributed by atoms with Gasteiger partial charge < -0.3 is 10.2 Å². The molecule has 1 fully saturated rings. The van der Waals surface area contributed by atoms with E-state index in [4.69, 9.17) is 0 Å². The zero-order valence-corrected chi connectivity index (χ0v) is 15.5. The van der Waals surface area contributed by atoms with Gasteiger partial charge in [-0.15, -0.1) is 0 Å². The van der Waals surface area contributed by atoms with E-state index in [2.05, 4.69) is 15.4 Å². The molecule has 0 aromatic carbocycles. The number of pyridine rings is 1. The van der Waals surface area contributed by atoms with Crippen molar-refractivity contribution in [3.05, 3.63) is 27.2 Å². The predicted octanol–water partition coefficient (Wildman–Crippen LogP) is 1.02. The monoisotopic (exact) mass is 345 g/mol. The molecule has 1 atom stereocenters. The van der Waals surface area contributed by atoms with Gasteiger partial charge in [0.25, 0.3) is 5.56 Å². The van der Waals surface area contributed by atoms with Gasteiger partial charge in [0, 0.05) is 38.3 Å². The number of aromatic amines is 1. The molecule has 0 spiro atoms. The molecule has 1 aliphatic heterocycles. The first-order chi connectivity index (χ1) is 11.9. The highest BCUT2D eigenvalue weighted by Gasteiger charge is 2.23. The Kier molecular flexibility index (Phi) is 4.94. The van der Waals surface area contributed by atoms with Crippen molar-refractivity contribution < 1.29 is 4.79 Å². The van der Waals surface area contributed by atoms with E-state index in [0.717, 1.165) is 42.8 Å². The average Bonchev–Trinajstić information content (AvgIpc) is 2.88. The van der Waals surface area contributed by atoms with Crippen molar-refractivity contribution >= 4 is 16.9 Å². The lowest BCUT2D eigenvalue weighted by Crippen LogP contribution is -2.47. The van der Waals surface area contributed by atoms with Gasteiger partial charge in [0.05, 0.1) is 5.39 Å². The lowest BCUT2D eigenvalue weighted by Gasteiger charge is -2.32. The topological polar surface area (TPSA) is 83.0 Å². The summed E-state index contributed by atoms with van der Waals surface area (Å²) in [7, 11) is 3.64. The zero-order chi connectivity index (χ0) is 18.1. The van der Waals surface area contributed by atoms with Gasteiger partial charge in [-0.2, -0.15) is 0 Å². The van der Waals surface area contributed by atoms with Gasteiger partial charge in [-0.05, 0) is 51.3 Å². The molecule has 2 N–H and O–H groups in total. The number of likely N-dealkylation sites (N-methyl/N-ethyl adjacent to an activating group) is 1. The molecule has 0 bridgehead atoms. The minimum atomic E-state index is -0.0690. The van der Waals surface area contributed by atoms with Crippen LogP contribution in [0.25, 0.3) is 11.0 Å². The molecule has 7 nitrogen and oxygen atoms in total. The molecule has 1 saturated heterocycles. The Labute approximate surface area is 147 Å². The van der Waals surface area contributed by atoms with Gasteiger partial charge in [0.2, 0.25) is 5.91 Å². The summed E-state index contributed by atoms with van der Waals surface area (Å²) in [5, 5.41) is 6.87. The van der Waals surface area contributed by atoms with Crippen LogP contribution in [0.3, 0.4) is 0 Å². The molecule has 1 unspecified atom stereocenters.